The Labute approximate surface area is 186 Å². The van der Waals surface area contributed by atoms with Gasteiger partial charge in [0.15, 0.2) is 0 Å². The van der Waals surface area contributed by atoms with Crippen LogP contribution in [-0.4, -0.2) is 25.8 Å². The summed E-state index contributed by atoms with van der Waals surface area (Å²) in [6.07, 6.45) is 7.51. The molecule has 6 nitrogen and oxygen atoms in total. The van der Waals surface area contributed by atoms with Gasteiger partial charge >= 0.3 is 5.97 Å². The molecule has 1 atom stereocenters. The van der Waals surface area contributed by atoms with Gasteiger partial charge in [-0.15, -0.1) is 0 Å². The van der Waals surface area contributed by atoms with Crippen molar-refractivity contribution in [2.45, 2.75) is 32.4 Å². The largest absolute Gasteiger partial charge is 0.489 e. The Morgan fingerprint density at radius 2 is 2.00 bits per heavy atom. The number of hydrogen-bond donors (Lipinski definition) is 1. The fourth-order valence-corrected chi connectivity index (χ4v) is 3.69. The van der Waals surface area contributed by atoms with Gasteiger partial charge in [-0.05, 0) is 54.4 Å². The number of aromatic nitrogens is 3. The highest BCUT2D eigenvalue weighted by Crippen LogP contribution is 2.25. The smallest absolute Gasteiger partial charge is 0.304 e. The predicted octanol–water partition coefficient (Wildman–Crippen LogP) is 5.19. The Bertz CT molecular complexity index is 1210. The first-order valence-corrected chi connectivity index (χ1v) is 10.5. The van der Waals surface area contributed by atoms with Gasteiger partial charge in [0.1, 0.15) is 12.4 Å². The number of carbonyl (C=O) groups is 1. The molecule has 4 rings (SSSR count). The van der Waals surface area contributed by atoms with E-state index in [1.54, 1.807) is 6.20 Å². The number of hydrogen-bond acceptors (Lipinski definition) is 4. The summed E-state index contributed by atoms with van der Waals surface area (Å²) < 4.78 is 7.89. The highest BCUT2D eigenvalue weighted by atomic mass is 16.5. The standard InChI is InChI=1S/C26H25N3O3/c1-2-5-21(15-26(30)31)20-8-10-24(11-9-20)32-18-19-7-12-25-22(14-19)16-28-29(25)17-23-6-3-4-13-27-23/h2-14,16,21H,15,17-18H2,1H3,(H,30,31)/t21-/m1/s1. The molecule has 0 saturated heterocycles. The normalized spacial score (nSPS) is 12.3. The van der Waals surface area contributed by atoms with Gasteiger partial charge in [0.05, 0.1) is 30.4 Å². The Morgan fingerprint density at radius 3 is 2.72 bits per heavy atom. The monoisotopic (exact) mass is 427 g/mol. The second kappa shape index (κ2) is 9.92. The van der Waals surface area contributed by atoms with Crippen LogP contribution in [0.4, 0.5) is 0 Å². The summed E-state index contributed by atoms with van der Waals surface area (Å²) in [4.78, 5) is 15.5. The number of pyridine rings is 1. The van der Waals surface area contributed by atoms with Crippen molar-refractivity contribution < 1.29 is 14.6 Å². The van der Waals surface area contributed by atoms with Gasteiger partial charge in [0.2, 0.25) is 0 Å². The first kappa shape index (κ1) is 21.3. The number of aliphatic carboxylic acids is 1. The fourth-order valence-electron chi connectivity index (χ4n) is 3.69. The molecule has 0 saturated carbocycles. The second-order valence-electron chi connectivity index (χ2n) is 7.60. The molecule has 0 aliphatic rings. The van der Waals surface area contributed by atoms with Crippen LogP contribution >= 0.6 is 0 Å². The molecule has 2 heterocycles. The average molecular weight is 428 g/mol. The molecule has 0 radical (unpaired) electrons. The van der Waals surface area contributed by atoms with Gasteiger partial charge in [-0.25, -0.2) is 0 Å². The molecule has 32 heavy (non-hydrogen) atoms. The quantitative estimate of drug-likeness (QED) is 0.372. The fraction of sp³-hybridized carbons (Fsp3) is 0.192. The molecule has 0 amide bonds. The van der Waals surface area contributed by atoms with Gasteiger partial charge in [-0.1, -0.05) is 36.4 Å². The zero-order valence-corrected chi connectivity index (χ0v) is 17.9. The van der Waals surface area contributed by atoms with Crippen LogP contribution in [0, 0.1) is 0 Å². The number of carboxylic acids is 1. The van der Waals surface area contributed by atoms with E-state index < -0.39 is 5.97 Å². The van der Waals surface area contributed by atoms with Gasteiger partial charge < -0.3 is 9.84 Å². The summed E-state index contributed by atoms with van der Waals surface area (Å²) in [5.41, 5.74) is 4.03. The van der Waals surface area contributed by atoms with E-state index >= 15 is 0 Å². The molecule has 2 aromatic heterocycles. The maximum Gasteiger partial charge on any atom is 0.304 e. The Morgan fingerprint density at radius 1 is 1.16 bits per heavy atom. The molecular weight excluding hydrogens is 402 g/mol. The minimum absolute atomic E-state index is 0.0680. The third-order valence-corrected chi connectivity index (χ3v) is 5.28. The van der Waals surface area contributed by atoms with Crippen molar-refractivity contribution in [3.05, 3.63) is 102 Å². The Balaban J connectivity index is 1.41. The van der Waals surface area contributed by atoms with Crippen molar-refractivity contribution in [3.63, 3.8) is 0 Å². The highest BCUT2D eigenvalue weighted by Gasteiger charge is 2.12. The lowest BCUT2D eigenvalue weighted by Gasteiger charge is -2.12. The molecule has 0 spiro atoms. The van der Waals surface area contributed by atoms with Crippen LogP contribution < -0.4 is 4.74 Å². The molecule has 162 valence electrons. The van der Waals surface area contributed by atoms with Crippen LogP contribution in [-0.2, 0) is 17.9 Å². The zero-order chi connectivity index (χ0) is 22.3. The second-order valence-corrected chi connectivity index (χ2v) is 7.60. The van der Waals surface area contributed by atoms with Crippen molar-refractivity contribution in [2.24, 2.45) is 0 Å². The molecule has 0 fully saturated rings. The summed E-state index contributed by atoms with van der Waals surface area (Å²) in [5.74, 6) is -0.210. The molecule has 0 aliphatic heterocycles. The summed E-state index contributed by atoms with van der Waals surface area (Å²) in [6, 6.07) is 19.7. The molecule has 6 heteroatoms. The number of carboxylic acid groups (broad SMARTS) is 1. The van der Waals surface area contributed by atoms with E-state index in [4.69, 9.17) is 9.84 Å². The van der Waals surface area contributed by atoms with Crippen LogP contribution in [0.2, 0.25) is 0 Å². The van der Waals surface area contributed by atoms with Crippen molar-refractivity contribution in [2.75, 3.05) is 0 Å². The Kier molecular flexibility index (Phi) is 6.60. The number of benzene rings is 2. The van der Waals surface area contributed by atoms with Crippen LogP contribution in [0.5, 0.6) is 5.75 Å². The van der Waals surface area contributed by atoms with Crippen LogP contribution in [0.1, 0.15) is 36.1 Å². The summed E-state index contributed by atoms with van der Waals surface area (Å²) >= 11 is 0. The number of fused-ring (bicyclic) bond motifs is 1. The van der Waals surface area contributed by atoms with E-state index in [9.17, 15) is 4.79 Å². The lowest BCUT2D eigenvalue weighted by atomic mass is 9.95. The first-order chi connectivity index (χ1) is 15.6. The summed E-state index contributed by atoms with van der Waals surface area (Å²) in [6.45, 7) is 2.96. The van der Waals surface area contributed by atoms with E-state index in [0.717, 1.165) is 33.5 Å². The predicted molar refractivity (Wildman–Crippen MR) is 124 cm³/mol. The van der Waals surface area contributed by atoms with E-state index in [2.05, 4.69) is 22.2 Å². The molecule has 0 unspecified atom stereocenters. The number of nitrogens with zero attached hydrogens (tertiary/aromatic N) is 3. The van der Waals surface area contributed by atoms with E-state index in [1.807, 2.05) is 78.5 Å². The van der Waals surface area contributed by atoms with E-state index in [1.165, 1.54) is 0 Å². The third-order valence-electron chi connectivity index (χ3n) is 5.28. The minimum atomic E-state index is -0.813. The highest BCUT2D eigenvalue weighted by molar-refractivity contribution is 5.79. The maximum absolute atomic E-state index is 11.1. The van der Waals surface area contributed by atoms with E-state index in [0.29, 0.717) is 13.2 Å². The minimum Gasteiger partial charge on any atom is -0.489 e. The van der Waals surface area contributed by atoms with Gasteiger partial charge in [-0.2, -0.15) is 5.10 Å². The molecule has 0 bridgehead atoms. The lowest BCUT2D eigenvalue weighted by molar-refractivity contribution is -0.137. The summed E-state index contributed by atoms with van der Waals surface area (Å²) in [7, 11) is 0. The van der Waals surface area contributed by atoms with Gasteiger partial charge in [-0.3, -0.25) is 14.5 Å². The Hall–Kier alpha value is -3.93. The molecular formula is C26H25N3O3. The molecule has 0 aliphatic carbocycles. The van der Waals surface area contributed by atoms with Crippen molar-refractivity contribution in [3.8, 4) is 5.75 Å². The van der Waals surface area contributed by atoms with E-state index in [-0.39, 0.29) is 12.3 Å². The topological polar surface area (TPSA) is 77.2 Å². The lowest BCUT2D eigenvalue weighted by Crippen LogP contribution is -2.04. The zero-order valence-electron chi connectivity index (χ0n) is 17.9. The van der Waals surface area contributed by atoms with Gasteiger partial charge in [0, 0.05) is 17.5 Å². The molecule has 1 N–H and O–H groups in total. The van der Waals surface area contributed by atoms with Crippen molar-refractivity contribution >= 4 is 16.9 Å². The van der Waals surface area contributed by atoms with Crippen LogP contribution in [0.25, 0.3) is 10.9 Å². The SMILES string of the molecule is CC=C[C@H](CC(=O)O)c1ccc(OCc2ccc3c(cnn3Cc3ccccn3)c2)cc1. The first-order valence-electron chi connectivity index (χ1n) is 10.5. The van der Waals surface area contributed by atoms with Crippen LogP contribution in [0.3, 0.4) is 0 Å². The van der Waals surface area contributed by atoms with Crippen LogP contribution in [0.15, 0.2) is 85.2 Å². The molecule has 4 aromatic rings. The number of ether oxygens (including phenoxy) is 1. The van der Waals surface area contributed by atoms with Crippen molar-refractivity contribution in [1.82, 2.24) is 14.8 Å². The molecule has 2 aromatic carbocycles. The maximum atomic E-state index is 11.1. The van der Waals surface area contributed by atoms with Gasteiger partial charge in [0.25, 0.3) is 0 Å². The summed E-state index contributed by atoms with van der Waals surface area (Å²) in [5, 5.41) is 14.7. The average Bonchev–Trinajstić information content (AvgIpc) is 3.20. The van der Waals surface area contributed by atoms with Crippen molar-refractivity contribution in [1.29, 1.82) is 0 Å². The number of allylic oxidation sites excluding steroid dienone is 2. The number of rotatable bonds is 9. The third kappa shape index (κ3) is 5.21.